The Morgan fingerprint density at radius 2 is 2.41 bits per heavy atom. The Hall–Kier alpha value is -1.29. The van der Waals surface area contributed by atoms with Crippen molar-refractivity contribution in [1.29, 1.82) is 0 Å². The second-order valence-corrected chi connectivity index (χ2v) is 4.39. The first-order valence-corrected chi connectivity index (χ1v) is 6.00. The van der Waals surface area contributed by atoms with Gasteiger partial charge in [0, 0.05) is 16.5 Å². The van der Waals surface area contributed by atoms with Crippen LogP contribution in [-0.4, -0.2) is 35.3 Å². The van der Waals surface area contributed by atoms with E-state index in [-0.39, 0.29) is 5.05 Å². The molecule has 1 heterocycles. The highest BCUT2D eigenvalue weighted by Crippen LogP contribution is 2.21. The second-order valence-electron chi connectivity index (χ2n) is 2.75. The molecule has 0 fully saturated rings. The monoisotopic (exact) mass is 277 g/mol. The van der Waals surface area contributed by atoms with Gasteiger partial charge in [0.25, 0.3) is 0 Å². The van der Waals surface area contributed by atoms with Gasteiger partial charge in [-0.05, 0) is 0 Å². The molecule has 17 heavy (non-hydrogen) atoms. The largest absolute Gasteiger partial charge is 0.468 e. The standard InChI is InChI=1S/C8H11N3O4S2/c1-14-6(12)5(7(13)17-11-15-2)4-3-16-8(9)10-4/h3,5,13H,1-2H3,(H2,9,10). The van der Waals surface area contributed by atoms with Gasteiger partial charge < -0.3 is 15.6 Å². The number of aliphatic hydroxyl groups excluding tert-OH is 1. The van der Waals surface area contributed by atoms with Crippen LogP contribution in [0.3, 0.4) is 0 Å². The lowest BCUT2D eigenvalue weighted by Crippen LogP contribution is -2.23. The minimum absolute atomic E-state index is 0.288. The molecular formula is C8H11N3O4S2. The molecule has 0 aromatic carbocycles. The Morgan fingerprint density at radius 1 is 1.71 bits per heavy atom. The van der Waals surface area contributed by atoms with Crippen LogP contribution in [0.1, 0.15) is 11.6 Å². The van der Waals surface area contributed by atoms with Crippen molar-refractivity contribution in [2.24, 2.45) is 4.53 Å². The van der Waals surface area contributed by atoms with Crippen LogP contribution in [0, 0.1) is 0 Å². The predicted molar refractivity (Wildman–Crippen MR) is 65.7 cm³/mol. The van der Waals surface area contributed by atoms with Crippen LogP contribution >= 0.6 is 11.3 Å². The third-order valence-corrected chi connectivity index (χ3v) is 3.06. The number of methoxy groups -OCH3 is 1. The summed E-state index contributed by atoms with van der Waals surface area (Å²) in [7, 11) is 2.55. The number of thiazole rings is 1. The molecule has 1 aromatic rings. The van der Waals surface area contributed by atoms with Crippen LogP contribution in [0.4, 0.5) is 5.13 Å². The lowest BCUT2D eigenvalue weighted by atomic mass is 10.1. The SMILES string of the molecule is CON=S=C(O)C(C(=O)OC)c1csc(N)n1. The van der Waals surface area contributed by atoms with E-state index in [2.05, 4.69) is 19.1 Å². The molecule has 94 valence electrons. The fourth-order valence-electron chi connectivity index (χ4n) is 1.03. The van der Waals surface area contributed by atoms with Gasteiger partial charge in [0.05, 0.1) is 19.9 Å². The van der Waals surface area contributed by atoms with Gasteiger partial charge in [-0.3, -0.25) is 4.79 Å². The number of nitrogens with two attached hydrogens (primary N) is 1. The van der Waals surface area contributed by atoms with E-state index in [0.29, 0.717) is 22.0 Å². The molecule has 1 atom stereocenters. The average Bonchev–Trinajstić information content (AvgIpc) is 2.73. The van der Waals surface area contributed by atoms with Crippen molar-refractivity contribution in [2.45, 2.75) is 5.92 Å². The molecule has 0 radical (unpaired) electrons. The van der Waals surface area contributed by atoms with E-state index < -0.39 is 11.9 Å². The zero-order valence-corrected chi connectivity index (χ0v) is 10.7. The highest BCUT2D eigenvalue weighted by molar-refractivity contribution is 7.68. The number of carbonyl (C=O) groups is 1. The number of nitrogens with zero attached hydrogens (tertiary/aromatic N) is 2. The summed E-state index contributed by atoms with van der Waals surface area (Å²) in [6.45, 7) is 0. The lowest BCUT2D eigenvalue weighted by Gasteiger charge is -2.09. The van der Waals surface area contributed by atoms with Gasteiger partial charge in [-0.2, -0.15) is 0 Å². The van der Waals surface area contributed by atoms with Crippen LogP contribution in [0.2, 0.25) is 0 Å². The van der Waals surface area contributed by atoms with Gasteiger partial charge in [-0.25, -0.2) is 9.82 Å². The number of nitrogen functional groups attached to an aromatic ring is 1. The molecular weight excluding hydrogens is 266 g/mol. The van der Waals surface area contributed by atoms with Crippen LogP contribution in [-0.2, 0) is 25.5 Å². The molecule has 0 aliphatic heterocycles. The van der Waals surface area contributed by atoms with Crippen molar-refractivity contribution in [2.75, 3.05) is 20.0 Å². The minimum atomic E-state index is -1.03. The molecule has 0 amide bonds. The topological polar surface area (TPSA) is 107 Å². The molecule has 0 saturated heterocycles. The summed E-state index contributed by atoms with van der Waals surface area (Å²) in [4.78, 5) is 19.9. The van der Waals surface area contributed by atoms with E-state index >= 15 is 0 Å². The van der Waals surface area contributed by atoms with Crippen molar-refractivity contribution in [3.05, 3.63) is 11.1 Å². The maximum Gasteiger partial charge on any atom is 0.322 e. The van der Waals surface area contributed by atoms with Crippen LogP contribution in [0.5, 0.6) is 0 Å². The number of hydrogen-bond acceptors (Lipinski definition) is 7. The van der Waals surface area contributed by atoms with Crippen molar-refractivity contribution >= 4 is 38.6 Å². The fourth-order valence-corrected chi connectivity index (χ4v) is 2.09. The van der Waals surface area contributed by atoms with Crippen LogP contribution in [0.15, 0.2) is 9.91 Å². The average molecular weight is 277 g/mol. The molecule has 1 aromatic heterocycles. The zero-order valence-electron chi connectivity index (χ0n) is 9.11. The smallest absolute Gasteiger partial charge is 0.322 e. The minimum Gasteiger partial charge on any atom is -0.468 e. The van der Waals surface area contributed by atoms with Gasteiger partial charge in [0.2, 0.25) is 0 Å². The van der Waals surface area contributed by atoms with Crippen molar-refractivity contribution < 1.29 is 19.5 Å². The first-order chi connectivity index (χ1) is 8.10. The number of aliphatic hydroxyl groups is 1. The molecule has 1 rings (SSSR count). The number of esters is 1. The summed E-state index contributed by atoms with van der Waals surface area (Å²) in [6, 6.07) is 0. The Morgan fingerprint density at radius 3 is 2.88 bits per heavy atom. The van der Waals surface area contributed by atoms with E-state index in [0.717, 1.165) is 0 Å². The summed E-state index contributed by atoms with van der Waals surface area (Å²) < 4.78 is 7.99. The Labute approximate surface area is 105 Å². The second kappa shape index (κ2) is 6.45. The third kappa shape index (κ3) is 3.60. The summed E-state index contributed by atoms with van der Waals surface area (Å²) >= 11 is 1.80. The van der Waals surface area contributed by atoms with E-state index in [1.54, 1.807) is 5.38 Å². The van der Waals surface area contributed by atoms with Crippen molar-refractivity contribution in [1.82, 2.24) is 4.98 Å². The number of hydrogen-bond donors (Lipinski definition) is 2. The van der Waals surface area contributed by atoms with Gasteiger partial charge in [-0.15, -0.1) is 11.3 Å². The van der Waals surface area contributed by atoms with E-state index in [9.17, 15) is 9.90 Å². The summed E-state index contributed by atoms with van der Waals surface area (Å²) in [5.74, 6) is -1.68. The lowest BCUT2D eigenvalue weighted by molar-refractivity contribution is -0.140. The van der Waals surface area contributed by atoms with Gasteiger partial charge in [0.15, 0.2) is 11.0 Å². The molecule has 0 aliphatic carbocycles. The molecule has 0 saturated carbocycles. The molecule has 0 bridgehead atoms. The molecule has 0 spiro atoms. The van der Waals surface area contributed by atoms with Gasteiger partial charge in [0.1, 0.15) is 5.05 Å². The van der Waals surface area contributed by atoms with E-state index in [1.165, 1.54) is 25.6 Å². The van der Waals surface area contributed by atoms with Crippen LogP contribution < -0.4 is 5.73 Å². The number of carbonyl (C=O) groups excluding carboxylic acids is 1. The normalized spacial score (nSPS) is 11.7. The summed E-state index contributed by atoms with van der Waals surface area (Å²) in [5, 5.41) is 11.3. The van der Waals surface area contributed by atoms with Crippen molar-refractivity contribution in [3.8, 4) is 0 Å². The molecule has 9 heteroatoms. The highest BCUT2D eigenvalue weighted by atomic mass is 32.1. The van der Waals surface area contributed by atoms with E-state index in [1.807, 2.05) is 0 Å². The Kier molecular flexibility index (Phi) is 5.22. The quantitative estimate of drug-likeness (QED) is 0.471. The molecule has 0 aliphatic rings. The number of rotatable bonds is 4. The first kappa shape index (κ1) is 13.8. The zero-order chi connectivity index (χ0) is 12.8. The molecule has 1 unspecified atom stereocenters. The Balaban J connectivity index is 3.13. The molecule has 7 nitrogen and oxygen atoms in total. The van der Waals surface area contributed by atoms with Crippen molar-refractivity contribution in [3.63, 3.8) is 0 Å². The third-order valence-electron chi connectivity index (χ3n) is 1.72. The number of ether oxygens (including phenoxy) is 1. The van der Waals surface area contributed by atoms with Gasteiger partial charge >= 0.3 is 5.97 Å². The molecule has 3 N–H and O–H groups in total. The maximum absolute atomic E-state index is 11.6. The van der Waals surface area contributed by atoms with Crippen LogP contribution in [0.25, 0.3) is 0 Å². The summed E-state index contributed by atoms with van der Waals surface area (Å²) in [6.07, 6.45) is 0. The summed E-state index contributed by atoms with van der Waals surface area (Å²) in [5.41, 5.74) is 5.78. The first-order valence-electron chi connectivity index (χ1n) is 4.35. The number of aromatic nitrogens is 1. The Bertz CT molecular complexity index is 467. The highest BCUT2D eigenvalue weighted by Gasteiger charge is 2.28. The van der Waals surface area contributed by atoms with Gasteiger partial charge in [-0.1, -0.05) is 4.53 Å². The van der Waals surface area contributed by atoms with E-state index in [4.69, 9.17) is 5.73 Å². The fraction of sp³-hybridized carbons (Fsp3) is 0.375. The predicted octanol–water partition coefficient (Wildman–Crippen LogP) is 0.497. The maximum atomic E-state index is 11.6. The number of anilines is 1.